The molecule has 0 saturated carbocycles. The number of benzene rings is 1. The van der Waals surface area contributed by atoms with E-state index in [2.05, 4.69) is 43.0 Å². The second kappa shape index (κ2) is 7.56. The van der Waals surface area contributed by atoms with E-state index in [4.69, 9.17) is 4.74 Å². The van der Waals surface area contributed by atoms with E-state index in [1.165, 1.54) is 11.8 Å². The Morgan fingerprint density at radius 3 is 3.05 bits per heavy atom. The van der Waals surface area contributed by atoms with Crippen LogP contribution < -0.4 is 10.1 Å². The van der Waals surface area contributed by atoms with Crippen molar-refractivity contribution in [3.8, 4) is 5.88 Å². The second-order valence-corrected chi connectivity index (χ2v) is 5.72. The maximum absolute atomic E-state index is 9.89. The number of hydrogen-bond donors (Lipinski definition) is 2. The summed E-state index contributed by atoms with van der Waals surface area (Å²) in [7, 11) is 0. The molecule has 108 valence electrons. The molecule has 0 fully saturated rings. The maximum Gasteiger partial charge on any atom is 0.245 e. The molecular formula is C13H16BrN3O2S. The zero-order chi connectivity index (χ0) is 14.4. The van der Waals surface area contributed by atoms with Crippen LogP contribution in [0.2, 0.25) is 0 Å². The molecular weight excluding hydrogens is 342 g/mol. The summed E-state index contributed by atoms with van der Waals surface area (Å²) in [5.74, 6) is 0.451. The van der Waals surface area contributed by atoms with Gasteiger partial charge in [-0.1, -0.05) is 22.9 Å². The molecule has 1 unspecified atom stereocenters. The average Bonchev–Trinajstić information content (AvgIpc) is 2.97. The van der Waals surface area contributed by atoms with Gasteiger partial charge in [0.05, 0.1) is 11.7 Å². The number of rotatable bonds is 7. The molecule has 5 nitrogen and oxygen atoms in total. The first-order valence-corrected chi connectivity index (χ1v) is 7.82. The lowest BCUT2D eigenvalue weighted by Gasteiger charge is -2.15. The molecule has 1 atom stereocenters. The van der Waals surface area contributed by atoms with Crippen LogP contribution in [0.3, 0.4) is 0 Å². The van der Waals surface area contributed by atoms with Crippen LogP contribution in [0.15, 0.2) is 28.9 Å². The number of aliphatic hydroxyl groups is 1. The van der Waals surface area contributed by atoms with E-state index in [1.54, 1.807) is 0 Å². The van der Waals surface area contributed by atoms with Crippen molar-refractivity contribution >= 4 is 33.3 Å². The second-order valence-electron chi connectivity index (χ2n) is 4.25. The van der Waals surface area contributed by atoms with Crippen LogP contribution in [-0.2, 0) is 6.42 Å². The van der Waals surface area contributed by atoms with Crippen molar-refractivity contribution in [1.82, 2.24) is 8.75 Å². The quantitative estimate of drug-likeness (QED) is 0.797. The fraction of sp³-hybridized carbons (Fsp3) is 0.385. The van der Waals surface area contributed by atoms with Crippen molar-refractivity contribution in [3.63, 3.8) is 0 Å². The molecule has 0 radical (unpaired) electrons. The van der Waals surface area contributed by atoms with E-state index in [9.17, 15) is 5.11 Å². The molecule has 1 aromatic heterocycles. The molecule has 20 heavy (non-hydrogen) atoms. The summed E-state index contributed by atoms with van der Waals surface area (Å²) in [5, 5.41) is 13.1. The van der Waals surface area contributed by atoms with Gasteiger partial charge in [0, 0.05) is 16.7 Å². The number of hydrogen-bond acceptors (Lipinski definition) is 6. The van der Waals surface area contributed by atoms with E-state index in [0.717, 1.165) is 28.3 Å². The molecule has 1 aromatic carbocycles. The van der Waals surface area contributed by atoms with E-state index >= 15 is 0 Å². The molecule has 1 heterocycles. The highest BCUT2D eigenvalue weighted by Gasteiger charge is 2.08. The van der Waals surface area contributed by atoms with Crippen molar-refractivity contribution in [2.45, 2.75) is 19.4 Å². The Bertz CT molecular complexity index is 536. The highest BCUT2D eigenvalue weighted by Crippen LogP contribution is 2.21. The van der Waals surface area contributed by atoms with Crippen LogP contribution in [0.1, 0.15) is 12.5 Å². The fourth-order valence-electron chi connectivity index (χ4n) is 1.72. The fourth-order valence-corrected chi connectivity index (χ4v) is 2.49. The number of anilines is 1. The van der Waals surface area contributed by atoms with Crippen molar-refractivity contribution in [1.29, 1.82) is 0 Å². The van der Waals surface area contributed by atoms with Gasteiger partial charge in [0.15, 0.2) is 0 Å². The van der Waals surface area contributed by atoms with Gasteiger partial charge in [-0.05, 0) is 30.2 Å². The SMILES string of the molecule is CCc1cc(Br)ccc1NCC(O)COc1cnsn1. The molecule has 7 heteroatoms. The van der Waals surface area contributed by atoms with Gasteiger partial charge in [-0.15, -0.1) is 4.37 Å². The third kappa shape index (κ3) is 4.43. The van der Waals surface area contributed by atoms with Crippen molar-refractivity contribution in [3.05, 3.63) is 34.4 Å². The van der Waals surface area contributed by atoms with Crippen LogP contribution in [0.5, 0.6) is 5.88 Å². The smallest absolute Gasteiger partial charge is 0.245 e. The summed E-state index contributed by atoms with van der Waals surface area (Å²) >= 11 is 4.54. The number of nitrogens with one attached hydrogen (secondary N) is 1. The Labute approximate surface area is 130 Å². The minimum atomic E-state index is -0.606. The Morgan fingerprint density at radius 1 is 1.50 bits per heavy atom. The first kappa shape index (κ1) is 15.2. The summed E-state index contributed by atoms with van der Waals surface area (Å²) in [6.07, 6.45) is 1.86. The normalized spacial score (nSPS) is 12.2. The summed E-state index contributed by atoms with van der Waals surface area (Å²) in [6, 6.07) is 6.05. The molecule has 2 N–H and O–H groups in total. The molecule has 2 aromatic rings. The summed E-state index contributed by atoms with van der Waals surface area (Å²) < 4.78 is 14.1. The van der Waals surface area contributed by atoms with Crippen LogP contribution in [-0.4, -0.2) is 33.1 Å². The molecule has 0 aliphatic heterocycles. The van der Waals surface area contributed by atoms with Crippen molar-refractivity contribution < 1.29 is 9.84 Å². The Hall–Kier alpha value is -1.18. The van der Waals surface area contributed by atoms with E-state index in [-0.39, 0.29) is 6.61 Å². The molecule has 2 rings (SSSR count). The largest absolute Gasteiger partial charge is 0.473 e. The van der Waals surface area contributed by atoms with Crippen LogP contribution in [0.25, 0.3) is 0 Å². The average molecular weight is 358 g/mol. The number of halogens is 1. The number of aliphatic hydroxyl groups excluding tert-OH is 1. The predicted molar refractivity (Wildman–Crippen MR) is 83.4 cm³/mol. The van der Waals surface area contributed by atoms with Gasteiger partial charge < -0.3 is 15.2 Å². The lowest BCUT2D eigenvalue weighted by molar-refractivity contribution is 0.115. The van der Waals surface area contributed by atoms with Gasteiger partial charge in [0.1, 0.15) is 18.9 Å². The zero-order valence-corrected chi connectivity index (χ0v) is 13.4. The minimum Gasteiger partial charge on any atom is -0.473 e. The predicted octanol–water partition coefficient (Wildman–Crippen LogP) is 2.71. The zero-order valence-electron chi connectivity index (χ0n) is 11.0. The van der Waals surface area contributed by atoms with Gasteiger partial charge in [-0.25, -0.2) is 0 Å². The molecule has 0 bridgehead atoms. The Kier molecular flexibility index (Phi) is 5.75. The molecule has 0 amide bonds. The molecule has 0 saturated heterocycles. The highest BCUT2D eigenvalue weighted by molar-refractivity contribution is 9.10. The van der Waals surface area contributed by atoms with Gasteiger partial charge >= 0.3 is 0 Å². The van der Waals surface area contributed by atoms with Crippen LogP contribution in [0.4, 0.5) is 5.69 Å². The van der Waals surface area contributed by atoms with Crippen molar-refractivity contribution in [2.75, 3.05) is 18.5 Å². The molecule has 0 aliphatic carbocycles. The topological polar surface area (TPSA) is 67.3 Å². The van der Waals surface area contributed by atoms with Crippen LogP contribution in [0, 0.1) is 0 Å². The van der Waals surface area contributed by atoms with Crippen molar-refractivity contribution in [2.24, 2.45) is 0 Å². The number of nitrogens with zero attached hydrogens (tertiary/aromatic N) is 2. The first-order valence-electron chi connectivity index (χ1n) is 6.29. The van der Waals surface area contributed by atoms with Gasteiger partial charge in [0.2, 0.25) is 5.88 Å². The van der Waals surface area contributed by atoms with E-state index in [1.807, 2.05) is 12.1 Å². The van der Waals surface area contributed by atoms with Crippen LogP contribution >= 0.6 is 27.7 Å². The number of ether oxygens (including phenoxy) is 1. The summed E-state index contributed by atoms with van der Waals surface area (Å²) in [5.41, 5.74) is 2.24. The lowest BCUT2D eigenvalue weighted by Crippen LogP contribution is -2.26. The summed E-state index contributed by atoms with van der Waals surface area (Å²) in [6.45, 7) is 2.71. The highest BCUT2D eigenvalue weighted by atomic mass is 79.9. The molecule has 0 spiro atoms. The number of aryl methyl sites for hydroxylation is 1. The lowest BCUT2D eigenvalue weighted by atomic mass is 10.1. The standard InChI is InChI=1S/C13H16BrN3O2S/c1-2-9-5-10(14)3-4-12(9)15-6-11(18)8-19-13-7-16-20-17-13/h3-5,7,11,15,18H,2,6,8H2,1H3. The number of aromatic nitrogens is 2. The Morgan fingerprint density at radius 2 is 2.35 bits per heavy atom. The third-order valence-corrected chi connectivity index (χ3v) is 3.70. The van der Waals surface area contributed by atoms with E-state index in [0.29, 0.717) is 12.4 Å². The molecule has 0 aliphatic rings. The monoisotopic (exact) mass is 357 g/mol. The summed E-state index contributed by atoms with van der Waals surface area (Å²) in [4.78, 5) is 0. The third-order valence-electron chi connectivity index (χ3n) is 2.74. The minimum absolute atomic E-state index is 0.191. The van der Waals surface area contributed by atoms with Gasteiger partial charge in [-0.3, -0.25) is 0 Å². The van der Waals surface area contributed by atoms with Gasteiger partial charge in [0.25, 0.3) is 0 Å². The van der Waals surface area contributed by atoms with E-state index < -0.39 is 6.10 Å². The first-order chi connectivity index (χ1) is 9.69. The Balaban J connectivity index is 1.82. The van der Waals surface area contributed by atoms with Gasteiger partial charge in [-0.2, -0.15) is 4.37 Å². The maximum atomic E-state index is 9.89.